The highest BCUT2D eigenvalue weighted by Crippen LogP contribution is 2.49. The molecule has 2 aromatic carbocycles. The molecule has 0 atom stereocenters. The first-order chi connectivity index (χ1) is 13.7. The number of nitrogens with two attached hydrogens (primary N) is 1. The monoisotopic (exact) mass is 415 g/mol. The summed E-state index contributed by atoms with van der Waals surface area (Å²) in [5, 5.41) is 10.1. The van der Waals surface area contributed by atoms with E-state index in [1.54, 1.807) is 35.9 Å². The summed E-state index contributed by atoms with van der Waals surface area (Å²) in [6.45, 7) is 3.01. The maximum atomic E-state index is 12.1. The molecule has 2 N–H and O–H groups in total. The number of nitrogens with zero attached hydrogens (tertiary/aromatic N) is 2. The lowest BCUT2D eigenvalue weighted by atomic mass is 10.1. The molecule has 0 fully saturated rings. The third kappa shape index (κ3) is 3.96. The second kappa shape index (κ2) is 7.61. The molecule has 0 bridgehead atoms. The maximum absolute atomic E-state index is 12.1. The average molecular weight is 415 g/mol. The highest BCUT2D eigenvalue weighted by Gasteiger charge is 2.21. The van der Waals surface area contributed by atoms with Crippen molar-refractivity contribution in [1.29, 1.82) is 5.26 Å². The SMILES string of the molecule is COc1cc(Oc2ccc3c(c2)c(C#N)c(N)n3C)cc(OC)c1OP(C)(C)=O. The Morgan fingerprint density at radius 2 is 1.69 bits per heavy atom. The van der Waals surface area contributed by atoms with E-state index in [1.807, 2.05) is 6.07 Å². The summed E-state index contributed by atoms with van der Waals surface area (Å²) < 4.78 is 36.1. The van der Waals surface area contributed by atoms with Crippen molar-refractivity contribution < 1.29 is 23.3 Å². The summed E-state index contributed by atoms with van der Waals surface area (Å²) in [5.74, 6) is 2.22. The van der Waals surface area contributed by atoms with E-state index >= 15 is 0 Å². The maximum Gasteiger partial charge on any atom is 0.242 e. The first kappa shape index (κ1) is 20.4. The van der Waals surface area contributed by atoms with Crippen LogP contribution in [0.3, 0.4) is 0 Å². The number of benzene rings is 2. The van der Waals surface area contributed by atoms with Gasteiger partial charge in [-0.05, 0) is 18.2 Å². The molecule has 0 saturated heterocycles. The van der Waals surface area contributed by atoms with Gasteiger partial charge in [0.05, 0.1) is 19.7 Å². The molecular weight excluding hydrogens is 393 g/mol. The minimum atomic E-state index is -2.83. The molecule has 9 heteroatoms. The van der Waals surface area contributed by atoms with Crippen LogP contribution in [0.15, 0.2) is 30.3 Å². The Morgan fingerprint density at radius 3 is 2.21 bits per heavy atom. The Morgan fingerprint density at radius 1 is 1.07 bits per heavy atom. The van der Waals surface area contributed by atoms with Crippen molar-refractivity contribution in [1.82, 2.24) is 4.57 Å². The van der Waals surface area contributed by atoms with Crippen LogP contribution < -0.4 is 24.5 Å². The number of nitrogen functional groups attached to an aromatic ring is 1. The molecule has 0 aliphatic carbocycles. The van der Waals surface area contributed by atoms with Crippen molar-refractivity contribution in [3.05, 3.63) is 35.9 Å². The third-order valence-electron chi connectivity index (χ3n) is 4.31. The third-order valence-corrected chi connectivity index (χ3v) is 4.93. The molecule has 3 rings (SSSR count). The predicted octanol–water partition coefficient (Wildman–Crippen LogP) is 4.36. The summed E-state index contributed by atoms with van der Waals surface area (Å²) in [6, 6.07) is 10.7. The van der Waals surface area contributed by atoms with E-state index < -0.39 is 7.37 Å². The molecule has 1 heterocycles. The van der Waals surface area contributed by atoms with Crippen LogP contribution in [0.2, 0.25) is 0 Å². The lowest BCUT2D eigenvalue weighted by Gasteiger charge is -2.18. The molecule has 152 valence electrons. The molecule has 1 aromatic heterocycles. The zero-order valence-electron chi connectivity index (χ0n) is 16.8. The first-order valence-electron chi connectivity index (χ1n) is 8.65. The molecule has 0 aliphatic rings. The van der Waals surface area contributed by atoms with Crippen molar-refractivity contribution in [2.45, 2.75) is 0 Å². The Bertz CT molecular complexity index is 1150. The van der Waals surface area contributed by atoms with Crippen molar-refractivity contribution in [3.8, 4) is 34.8 Å². The number of hydrogen-bond acceptors (Lipinski definition) is 7. The molecular formula is C20H22N3O5P. The van der Waals surface area contributed by atoms with E-state index in [4.69, 9.17) is 24.5 Å². The largest absolute Gasteiger partial charge is 0.493 e. The van der Waals surface area contributed by atoms with Crippen LogP contribution in [0.5, 0.6) is 28.7 Å². The van der Waals surface area contributed by atoms with E-state index in [1.165, 1.54) is 27.5 Å². The highest BCUT2D eigenvalue weighted by molar-refractivity contribution is 7.57. The van der Waals surface area contributed by atoms with Gasteiger partial charge in [0.15, 0.2) is 11.5 Å². The highest BCUT2D eigenvalue weighted by atomic mass is 31.2. The van der Waals surface area contributed by atoms with Gasteiger partial charge in [-0.25, -0.2) is 0 Å². The summed E-state index contributed by atoms with van der Waals surface area (Å²) >= 11 is 0. The first-order valence-corrected chi connectivity index (χ1v) is 11.2. The van der Waals surface area contributed by atoms with E-state index in [9.17, 15) is 9.83 Å². The fourth-order valence-electron chi connectivity index (χ4n) is 2.98. The predicted molar refractivity (Wildman–Crippen MR) is 112 cm³/mol. The van der Waals surface area contributed by atoms with Gasteiger partial charge in [0.25, 0.3) is 0 Å². The Labute approximate surface area is 168 Å². The zero-order chi connectivity index (χ0) is 21.3. The second-order valence-electron chi connectivity index (χ2n) is 6.71. The second-order valence-corrected chi connectivity index (χ2v) is 9.40. The number of rotatable bonds is 6. The summed E-state index contributed by atoms with van der Waals surface area (Å²) in [7, 11) is 1.91. The van der Waals surface area contributed by atoms with Crippen molar-refractivity contribution in [2.75, 3.05) is 33.3 Å². The van der Waals surface area contributed by atoms with E-state index in [0.717, 1.165) is 5.52 Å². The molecule has 3 aromatic rings. The van der Waals surface area contributed by atoms with Gasteiger partial charge in [-0.2, -0.15) is 5.26 Å². The quantitative estimate of drug-likeness (QED) is 0.596. The van der Waals surface area contributed by atoms with Gasteiger partial charge in [-0.3, -0.25) is 4.57 Å². The van der Waals surface area contributed by atoms with E-state index in [2.05, 4.69) is 6.07 Å². The number of anilines is 1. The minimum Gasteiger partial charge on any atom is -0.493 e. The Hall–Kier alpha value is -3.30. The fraction of sp³-hybridized carbons (Fsp3) is 0.250. The Kier molecular flexibility index (Phi) is 5.36. The van der Waals surface area contributed by atoms with Crippen LogP contribution in [-0.4, -0.2) is 32.1 Å². The van der Waals surface area contributed by atoms with Crippen molar-refractivity contribution >= 4 is 24.1 Å². The summed E-state index contributed by atoms with van der Waals surface area (Å²) in [5.41, 5.74) is 7.22. The van der Waals surface area contributed by atoms with Crippen molar-refractivity contribution in [2.24, 2.45) is 7.05 Å². The normalized spacial score (nSPS) is 11.2. The summed E-state index contributed by atoms with van der Waals surface area (Å²) in [6.07, 6.45) is 0. The minimum absolute atomic E-state index is 0.244. The van der Waals surface area contributed by atoms with E-state index in [0.29, 0.717) is 39.8 Å². The Balaban J connectivity index is 2.04. The van der Waals surface area contributed by atoms with Crippen molar-refractivity contribution in [3.63, 3.8) is 0 Å². The molecule has 0 aliphatic heterocycles. The number of hydrogen-bond donors (Lipinski definition) is 1. The molecule has 0 spiro atoms. The van der Waals surface area contributed by atoms with Gasteiger partial charge in [-0.15, -0.1) is 0 Å². The smallest absolute Gasteiger partial charge is 0.242 e. The standard InChI is InChI=1S/C20H22N3O5P/c1-23-16-7-6-12(8-14(16)15(11-21)20(23)22)27-13-9-17(25-2)19(18(10-13)26-3)28-29(4,5)24/h6-10H,22H2,1-5H3. The zero-order valence-corrected chi connectivity index (χ0v) is 17.7. The number of ether oxygens (including phenoxy) is 3. The number of nitriles is 1. The van der Waals surface area contributed by atoms with Crippen LogP contribution in [-0.2, 0) is 11.6 Å². The van der Waals surface area contributed by atoms with Crippen LogP contribution in [0.25, 0.3) is 10.9 Å². The van der Waals surface area contributed by atoms with Crippen LogP contribution in [0.4, 0.5) is 5.82 Å². The number of methoxy groups -OCH3 is 2. The molecule has 29 heavy (non-hydrogen) atoms. The number of fused-ring (bicyclic) bond motifs is 1. The summed E-state index contributed by atoms with van der Waals surface area (Å²) in [4.78, 5) is 0. The van der Waals surface area contributed by atoms with Crippen LogP contribution in [0.1, 0.15) is 5.56 Å². The molecule has 8 nitrogen and oxygen atoms in total. The molecule has 0 saturated carbocycles. The fourth-order valence-corrected chi connectivity index (χ4v) is 3.60. The van der Waals surface area contributed by atoms with Gasteiger partial charge in [0, 0.05) is 37.9 Å². The van der Waals surface area contributed by atoms with Gasteiger partial charge in [-0.1, -0.05) is 0 Å². The van der Waals surface area contributed by atoms with Gasteiger partial charge < -0.3 is 29.0 Å². The lowest BCUT2D eigenvalue weighted by Crippen LogP contribution is -1.98. The lowest BCUT2D eigenvalue weighted by molar-refractivity contribution is 0.356. The number of aromatic nitrogens is 1. The van der Waals surface area contributed by atoms with Crippen LogP contribution >= 0.6 is 7.37 Å². The van der Waals surface area contributed by atoms with E-state index in [-0.39, 0.29) is 5.75 Å². The van der Waals surface area contributed by atoms with Gasteiger partial charge in [0.2, 0.25) is 13.1 Å². The van der Waals surface area contributed by atoms with Gasteiger partial charge in [0.1, 0.15) is 28.9 Å². The van der Waals surface area contributed by atoms with Gasteiger partial charge >= 0.3 is 0 Å². The van der Waals surface area contributed by atoms with Crippen LogP contribution in [0, 0.1) is 11.3 Å². The topological polar surface area (TPSA) is 109 Å². The molecule has 0 unspecified atom stereocenters. The molecule has 0 amide bonds. The average Bonchev–Trinajstić information content (AvgIpc) is 2.91. The molecule has 0 radical (unpaired) electrons. The number of aryl methyl sites for hydroxylation is 1.